The van der Waals surface area contributed by atoms with Gasteiger partial charge in [0, 0.05) is 23.6 Å². The molecule has 0 bridgehead atoms. The summed E-state index contributed by atoms with van der Waals surface area (Å²) in [5.41, 5.74) is 1.68. The third kappa shape index (κ3) is 3.15. The minimum absolute atomic E-state index is 0.477. The largest absolute Gasteiger partial charge is 0.481 e. The van der Waals surface area contributed by atoms with Crippen LogP contribution in [0.25, 0.3) is 10.9 Å². The molecule has 19 heavy (non-hydrogen) atoms. The lowest BCUT2D eigenvalue weighted by Crippen LogP contribution is -2.36. The summed E-state index contributed by atoms with van der Waals surface area (Å²) in [5, 5.41) is 13.5. The summed E-state index contributed by atoms with van der Waals surface area (Å²) in [6.07, 6.45) is 2.91. The number of aromatic amines is 1. The number of H-pyrrole nitrogens is 1. The van der Waals surface area contributed by atoms with Crippen molar-refractivity contribution in [1.29, 1.82) is 0 Å². The van der Waals surface area contributed by atoms with E-state index < -0.39 is 11.4 Å². The van der Waals surface area contributed by atoms with E-state index in [-0.39, 0.29) is 0 Å². The number of carboxylic acids is 1. The van der Waals surface area contributed by atoms with Gasteiger partial charge in [0.25, 0.3) is 0 Å². The topological polar surface area (TPSA) is 65.1 Å². The summed E-state index contributed by atoms with van der Waals surface area (Å²) in [6, 6.07) is 8.19. The number of hydrogen-bond donors (Lipinski definition) is 3. The molecular formula is C15H20N2O2. The van der Waals surface area contributed by atoms with Gasteiger partial charge in [-0.25, -0.2) is 0 Å². The molecule has 1 aromatic carbocycles. The van der Waals surface area contributed by atoms with Gasteiger partial charge in [-0.15, -0.1) is 0 Å². The Morgan fingerprint density at radius 2 is 2.11 bits per heavy atom. The number of hydrogen-bond acceptors (Lipinski definition) is 2. The highest BCUT2D eigenvalue weighted by molar-refractivity contribution is 5.83. The number of nitrogens with one attached hydrogen (secondary N) is 2. The van der Waals surface area contributed by atoms with Crippen molar-refractivity contribution in [2.24, 2.45) is 5.41 Å². The number of para-hydroxylation sites is 1. The smallest absolute Gasteiger partial charge is 0.310 e. The molecule has 0 fully saturated rings. The monoisotopic (exact) mass is 260 g/mol. The van der Waals surface area contributed by atoms with Gasteiger partial charge in [0.2, 0.25) is 0 Å². The Bertz CT molecular complexity index is 572. The van der Waals surface area contributed by atoms with Gasteiger partial charge in [0.15, 0.2) is 0 Å². The van der Waals surface area contributed by atoms with Crippen LogP contribution in [-0.2, 0) is 11.2 Å². The number of carbonyl (C=O) groups is 1. The van der Waals surface area contributed by atoms with Crippen molar-refractivity contribution in [3.05, 3.63) is 36.0 Å². The van der Waals surface area contributed by atoms with E-state index in [0.717, 1.165) is 18.5 Å². The Balaban J connectivity index is 1.88. The van der Waals surface area contributed by atoms with Gasteiger partial charge in [0.1, 0.15) is 0 Å². The van der Waals surface area contributed by atoms with Crippen molar-refractivity contribution >= 4 is 16.9 Å². The number of rotatable bonds is 6. The highest BCUT2D eigenvalue weighted by atomic mass is 16.4. The lowest BCUT2D eigenvalue weighted by molar-refractivity contribution is -0.146. The number of carboxylic acid groups (broad SMARTS) is 1. The van der Waals surface area contributed by atoms with E-state index in [0.29, 0.717) is 6.54 Å². The predicted molar refractivity (Wildman–Crippen MR) is 76.3 cm³/mol. The van der Waals surface area contributed by atoms with Crippen LogP contribution in [-0.4, -0.2) is 29.1 Å². The average molecular weight is 260 g/mol. The summed E-state index contributed by atoms with van der Waals surface area (Å²) in [6.45, 7) is 4.71. The van der Waals surface area contributed by atoms with E-state index in [1.807, 2.05) is 18.3 Å². The maximum atomic E-state index is 11.0. The van der Waals surface area contributed by atoms with Gasteiger partial charge >= 0.3 is 5.97 Å². The zero-order valence-corrected chi connectivity index (χ0v) is 11.4. The van der Waals surface area contributed by atoms with E-state index >= 15 is 0 Å². The minimum atomic E-state index is -0.771. The second kappa shape index (κ2) is 5.45. The van der Waals surface area contributed by atoms with E-state index in [2.05, 4.69) is 22.4 Å². The number of aliphatic carboxylic acids is 1. The quantitative estimate of drug-likeness (QED) is 0.699. The van der Waals surface area contributed by atoms with Crippen LogP contribution < -0.4 is 5.32 Å². The fraction of sp³-hybridized carbons (Fsp3) is 0.400. The fourth-order valence-electron chi connectivity index (χ4n) is 2.04. The maximum Gasteiger partial charge on any atom is 0.310 e. The first-order valence-electron chi connectivity index (χ1n) is 6.50. The molecule has 0 aliphatic rings. The van der Waals surface area contributed by atoms with Crippen molar-refractivity contribution in [3.8, 4) is 0 Å². The van der Waals surface area contributed by atoms with Crippen LogP contribution in [0.3, 0.4) is 0 Å². The third-order valence-corrected chi connectivity index (χ3v) is 3.39. The van der Waals surface area contributed by atoms with Crippen molar-refractivity contribution < 1.29 is 9.90 Å². The lowest BCUT2D eigenvalue weighted by atomic mass is 9.94. The number of fused-ring (bicyclic) bond motifs is 1. The first-order chi connectivity index (χ1) is 9.00. The molecule has 102 valence electrons. The van der Waals surface area contributed by atoms with Crippen molar-refractivity contribution in [3.63, 3.8) is 0 Å². The molecule has 0 saturated heterocycles. The van der Waals surface area contributed by atoms with Crippen LogP contribution in [0.4, 0.5) is 0 Å². The van der Waals surface area contributed by atoms with E-state index in [9.17, 15) is 4.79 Å². The van der Waals surface area contributed by atoms with Crippen LogP contribution in [0.15, 0.2) is 30.5 Å². The first-order valence-corrected chi connectivity index (χ1v) is 6.50. The highest BCUT2D eigenvalue weighted by Gasteiger charge is 2.26. The van der Waals surface area contributed by atoms with Gasteiger partial charge < -0.3 is 15.4 Å². The summed E-state index contributed by atoms with van der Waals surface area (Å²) in [7, 11) is 0. The molecule has 3 N–H and O–H groups in total. The normalized spacial score (nSPS) is 11.9. The van der Waals surface area contributed by atoms with Gasteiger partial charge in [-0.2, -0.15) is 0 Å². The Hall–Kier alpha value is -1.81. The minimum Gasteiger partial charge on any atom is -0.481 e. The maximum absolute atomic E-state index is 11.0. The van der Waals surface area contributed by atoms with Crippen molar-refractivity contribution in [2.75, 3.05) is 13.1 Å². The van der Waals surface area contributed by atoms with Crippen LogP contribution in [0, 0.1) is 5.41 Å². The second-order valence-corrected chi connectivity index (χ2v) is 5.48. The molecule has 0 atom stereocenters. The van der Waals surface area contributed by atoms with Gasteiger partial charge in [0.05, 0.1) is 5.41 Å². The highest BCUT2D eigenvalue weighted by Crippen LogP contribution is 2.18. The SMILES string of the molecule is CC(C)(CNCCc1c[nH]c2ccccc12)C(=O)O. The number of aromatic nitrogens is 1. The Morgan fingerprint density at radius 3 is 2.84 bits per heavy atom. The third-order valence-electron chi connectivity index (χ3n) is 3.39. The fourth-order valence-corrected chi connectivity index (χ4v) is 2.04. The van der Waals surface area contributed by atoms with Gasteiger partial charge in [-0.3, -0.25) is 4.79 Å². The van der Waals surface area contributed by atoms with Crippen LogP contribution in [0.2, 0.25) is 0 Å². The predicted octanol–water partition coefficient (Wildman–Crippen LogP) is 2.41. The molecule has 4 heteroatoms. The van der Waals surface area contributed by atoms with Gasteiger partial charge in [-0.1, -0.05) is 18.2 Å². The summed E-state index contributed by atoms with van der Waals surface area (Å²) in [5.74, 6) is -0.771. The second-order valence-electron chi connectivity index (χ2n) is 5.48. The van der Waals surface area contributed by atoms with E-state index in [1.165, 1.54) is 10.9 Å². The lowest BCUT2D eigenvalue weighted by Gasteiger charge is -2.19. The Morgan fingerprint density at radius 1 is 1.37 bits per heavy atom. The van der Waals surface area contributed by atoms with E-state index in [4.69, 9.17) is 5.11 Å². The Kier molecular flexibility index (Phi) is 3.90. The molecule has 4 nitrogen and oxygen atoms in total. The summed E-state index contributed by atoms with van der Waals surface area (Å²) in [4.78, 5) is 14.2. The van der Waals surface area contributed by atoms with Crippen LogP contribution in [0.5, 0.6) is 0 Å². The molecule has 0 aliphatic carbocycles. The van der Waals surface area contributed by atoms with Crippen LogP contribution in [0.1, 0.15) is 19.4 Å². The molecule has 2 rings (SSSR count). The average Bonchev–Trinajstić information content (AvgIpc) is 2.78. The standard InChI is InChI=1S/C15H20N2O2/c1-15(2,14(18)19)10-16-8-7-11-9-17-13-6-4-3-5-12(11)13/h3-6,9,16-17H,7-8,10H2,1-2H3,(H,18,19). The molecule has 0 amide bonds. The summed E-state index contributed by atoms with van der Waals surface area (Å²) < 4.78 is 0. The van der Waals surface area contributed by atoms with Crippen molar-refractivity contribution in [2.45, 2.75) is 20.3 Å². The number of benzene rings is 1. The van der Waals surface area contributed by atoms with Crippen molar-refractivity contribution in [1.82, 2.24) is 10.3 Å². The zero-order chi connectivity index (χ0) is 13.9. The molecule has 0 aliphatic heterocycles. The summed E-state index contributed by atoms with van der Waals surface area (Å²) >= 11 is 0. The zero-order valence-electron chi connectivity index (χ0n) is 11.4. The van der Waals surface area contributed by atoms with E-state index in [1.54, 1.807) is 13.8 Å². The molecule has 1 aromatic heterocycles. The molecule has 1 heterocycles. The Labute approximate surface area is 112 Å². The molecule has 0 unspecified atom stereocenters. The first kappa shape index (κ1) is 13.6. The van der Waals surface area contributed by atoms with Gasteiger partial charge in [-0.05, 0) is 38.4 Å². The molecule has 0 spiro atoms. The molecule has 0 saturated carbocycles. The molecular weight excluding hydrogens is 240 g/mol. The molecule has 0 radical (unpaired) electrons. The molecule has 2 aromatic rings. The van der Waals surface area contributed by atoms with Crippen LogP contribution >= 0.6 is 0 Å².